The van der Waals surface area contributed by atoms with Crippen molar-refractivity contribution in [1.29, 1.82) is 0 Å². The van der Waals surface area contributed by atoms with Crippen molar-refractivity contribution in [3.8, 4) is 0 Å². The number of nitrogens with zero attached hydrogens (tertiary/aromatic N) is 1. The molecular formula is C18H20Cl2NO3P. The number of benzene rings is 2. The Morgan fingerprint density at radius 3 is 1.84 bits per heavy atom. The quantitative estimate of drug-likeness (QED) is 0.433. The van der Waals surface area contributed by atoms with E-state index in [2.05, 4.69) is 4.57 Å². The highest BCUT2D eigenvalue weighted by Gasteiger charge is 2.24. The second-order valence-corrected chi connectivity index (χ2v) is 8.70. The molecule has 7 heteroatoms. The van der Waals surface area contributed by atoms with E-state index in [1.807, 2.05) is 50.2 Å². The molecule has 0 spiro atoms. The summed E-state index contributed by atoms with van der Waals surface area (Å²) >= 11 is 12.3. The third-order valence-corrected chi connectivity index (χ3v) is 6.56. The van der Waals surface area contributed by atoms with Crippen molar-refractivity contribution in [3.05, 3.63) is 46.4 Å². The fourth-order valence-electron chi connectivity index (χ4n) is 3.07. The lowest BCUT2D eigenvalue weighted by Gasteiger charge is -2.18. The molecule has 0 aliphatic rings. The first-order valence-corrected chi connectivity index (χ1v) is 10.7. The topological polar surface area (TPSA) is 40.5 Å². The minimum Gasteiger partial charge on any atom is -0.340 e. The molecule has 25 heavy (non-hydrogen) atoms. The van der Waals surface area contributed by atoms with Gasteiger partial charge in [-0.05, 0) is 50.2 Å². The fraction of sp³-hybridized carbons (Fsp3) is 0.333. The molecule has 134 valence electrons. The summed E-state index contributed by atoms with van der Waals surface area (Å²) < 4.78 is 25.7. The molecule has 1 aromatic heterocycles. The molecule has 0 radical (unpaired) electrons. The molecule has 0 fully saturated rings. The van der Waals surface area contributed by atoms with Gasteiger partial charge in [0.2, 0.25) is 0 Å². The van der Waals surface area contributed by atoms with Crippen LogP contribution in [-0.2, 0) is 20.2 Å². The van der Waals surface area contributed by atoms with Crippen molar-refractivity contribution >= 4 is 52.6 Å². The van der Waals surface area contributed by atoms with Crippen LogP contribution in [0.25, 0.3) is 21.8 Å². The summed E-state index contributed by atoms with van der Waals surface area (Å²) in [6.45, 7) is 4.86. The number of aromatic nitrogens is 1. The largest absolute Gasteiger partial charge is 0.340 e. The molecule has 0 amide bonds. The Morgan fingerprint density at radius 1 is 0.920 bits per heavy atom. The maximum Gasteiger partial charge on any atom is 0.332 e. The van der Waals surface area contributed by atoms with E-state index in [9.17, 15) is 4.57 Å². The first-order chi connectivity index (χ1) is 12.0. The zero-order chi connectivity index (χ0) is 18.0. The average Bonchev–Trinajstić information content (AvgIpc) is 2.86. The monoisotopic (exact) mass is 399 g/mol. The molecule has 0 atom stereocenters. The zero-order valence-corrected chi connectivity index (χ0v) is 16.6. The molecule has 2 aromatic carbocycles. The van der Waals surface area contributed by atoms with Gasteiger partial charge in [-0.3, -0.25) is 4.57 Å². The van der Waals surface area contributed by atoms with Crippen molar-refractivity contribution in [1.82, 2.24) is 4.57 Å². The van der Waals surface area contributed by atoms with Crippen LogP contribution in [0.2, 0.25) is 10.0 Å². The molecule has 0 aliphatic heterocycles. The highest BCUT2D eigenvalue weighted by Crippen LogP contribution is 2.48. The van der Waals surface area contributed by atoms with Gasteiger partial charge in [-0.1, -0.05) is 23.2 Å². The normalized spacial score (nSPS) is 12.3. The molecule has 0 bridgehead atoms. The van der Waals surface area contributed by atoms with Crippen LogP contribution in [0.1, 0.15) is 13.8 Å². The van der Waals surface area contributed by atoms with Gasteiger partial charge < -0.3 is 13.6 Å². The van der Waals surface area contributed by atoms with E-state index in [1.165, 1.54) is 0 Å². The molecule has 4 nitrogen and oxygen atoms in total. The predicted octanol–water partition coefficient (Wildman–Crippen LogP) is 6.37. The lowest BCUT2D eigenvalue weighted by molar-refractivity contribution is 0.219. The standard InChI is InChI=1S/C18H20Cl2NO3P/c1-3-23-25(22,24-4-2)10-9-21-17-7-5-13(19)11-15(17)16-12-14(20)6-8-18(16)21/h5-8,11-12H,3-4,9-10H2,1-2H3. The number of rotatable bonds is 7. The van der Waals surface area contributed by atoms with Gasteiger partial charge in [-0.15, -0.1) is 0 Å². The van der Waals surface area contributed by atoms with Crippen LogP contribution in [0.5, 0.6) is 0 Å². The van der Waals surface area contributed by atoms with Crippen LogP contribution >= 0.6 is 30.8 Å². The number of hydrogen-bond donors (Lipinski definition) is 0. The van der Waals surface area contributed by atoms with E-state index in [4.69, 9.17) is 32.2 Å². The molecule has 0 saturated carbocycles. The highest BCUT2D eigenvalue weighted by atomic mass is 35.5. The highest BCUT2D eigenvalue weighted by molar-refractivity contribution is 7.53. The first kappa shape index (κ1) is 18.8. The van der Waals surface area contributed by atoms with Crippen molar-refractivity contribution in [2.24, 2.45) is 0 Å². The van der Waals surface area contributed by atoms with Gasteiger partial charge >= 0.3 is 7.60 Å². The van der Waals surface area contributed by atoms with Gasteiger partial charge in [-0.25, -0.2) is 0 Å². The van der Waals surface area contributed by atoms with Gasteiger partial charge in [0.25, 0.3) is 0 Å². The summed E-state index contributed by atoms with van der Waals surface area (Å²) in [4.78, 5) is 0. The molecular weight excluding hydrogens is 380 g/mol. The maximum atomic E-state index is 12.8. The molecule has 0 saturated heterocycles. The average molecular weight is 400 g/mol. The Hall–Kier alpha value is -1.03. The Kier molecular flexibility index (Phi) is 5.77. The Balaban J connectivity index is 2.07. The summed E-state index contributed by atoms with van der Waals surface area (Å²) in [7, 11) is -3.11. The molecule has 0 N–H and O–H groups in total. The molecule has 3 rings (SSSR count). The number of hydrogen-bond acceptors (Lipinski definition) is 3. The Morgan fingerprint density at radius 2 is 1.40 bits per heavy atom. The van der Waals surface area contributed by atoms with E-state index in [1.54, 1.807) is 0 Å². The minimum atomic E-state index is -3.11. The van der Waals surface area contributed by atoms with Gasteiger partial charge in [0.05, 0.1) is 19.4 Å². The van der Waals surface area contributed by atoms with E-state index < -0.39 is 7.60 Å². The van der Waals surface area contributed by atoms with Crippen LogP contribution in [0.4, 0.5) is 0 Å². The van der Waals surface area contributed by atoms with Crippen LogP contribution in [0.15, 0.2) is 36.4 Å². The van der Waals surface area contributed by atoms with Crippen LogP contribution < -0.4 is 0 Å². The molecule has 3 aromatic rings. The maximum absolute atomic E-state index is 12.8. The number of halogens is 2. The van der Waals surface area contributed by atoms with E-state index in [0.29, 0.717) is 36.0 Å². The second kappa shape index (κ2) is 7.69. The summed E-state index contributed by atoms with van der Waals surface area (Å²) in [5, 5.41) is 3.38. The SMILES string of the molecule is CCOP(=O)(CCn1c2ccc(Cl)cc2c2cc(Cl)ccc21)OCC. The lowest BCUT2D eigenvalue weighted by Crippen LogP contribution is -2.07. The summed E-state index contributed by atoms with van der Waals surface area (Å²) in [6.07, 6.45) is 0.304. The third kappa shape index (κ3) is 3.89. The van der Waals surface area contributed by atoms with Crippen LogP contribution in [0, 0.1) is 0 Å². The minimum absolute atomic E-state index is 0.304. The third-order valence-electron chi connectivity index (χ3n) is 4.04. The molecule has 1 heterocycles. The number of fused-ring (bicyclic) bond motifs is 3. The van der Waals surface area contributed by atoms with Gasteiger partial charge in [0, 0.05) is 38.4 Å². The molecule has 0 aliphatic carbocycles. The molecule has 0 unspecified atom stereocenters. The fourth-order valence-corrected chi connectivity index (χ4v) is 4.98. The smallest absolute Gasteiger partial charge is 0.332 e. The van der Waals surface area contributed by atoms with Crippen LogP contribution in [-0.4, -0.2) is 23.9 Å². The second-order valence-electron chi connectivity index (χ2n) is 5.64. The van der Waals surface area contributed by atoms with Gasteiger partial charge in [0.15, 0.2) is 0 Å². The van der Waals surface area contributed by atoms with Gasteiger partial charge in [0.1, 0.15) is 0 Å². The lowest BCUT2D eigenvalue weighted by atomic mass is 10.1. The first-order valence-electron chi connectivity index (χ1n) is 8.22. The number of aryl methyl sites for hydroxylation is 1. The Bertz CT molecular complexity index is 885. The summed E-state index contributed by atoms with van der Waals surface area (Å²) in [5.74, 6) is 0. The van der Waals surface area contributed by atoms with Crippen molar-refractivity contribution in [2.75, 3.05) is 19.4 Å². The summed E-state index contributed by atoms with van der Waals surface area (Å²) in [5.41, 5.74) is 2.03. The van der Waals surface area contributed by atoms with Gasteiger partial charge in [-0.2, -0.15) is 0 Å². The van der Waals surface area contributed by atoms with Crippen molar-refractivity contribution in [3.63, 3.8) is 0 Å². The van der Waals surface area contributed by atoms with E-state index >= 15 is 0 Å². The van der Waals surface area contributed by atoms with E-state index in [0.717, 1.165) is 21.8 Å². The zero-order valence-electron chi connectivity index (χ0n) is 14.2. The van der Waals surface area contributed by atoms with Crippen molar-refractivity contribution < 1.29 is 13.6 Å². The van der Waals surface area contributed by atoms with E-state index in [-0.39, 0.29) is 0 Å². The van der Waals surface area contributed by atoms with Crippen molar-refractivity contribution in [2.45, 2.75) is 20.4 Å². The predicted molar refractivity (Wildman–Crippen MR) is 105 cm³/mol. The van der Waals surface area contributed by atoms with Crippen LogP contribution in [0.3, 0.4) is 0 Å². The summed E-state index contributed by atoms with van der Waals surface area (Å²) in [6, 6.07) is 11.5. The Labute approximate surface area is 157 Å².